The van der Waals surface area contributed by atoms with Crippen LogP contribution in [0.25, 0.3) is 0 Å². The predicted molar refractivity (Wildman–Crippen MR) is 93.7 cm³/mol. The van der Waals surface area contributed by atoms with Gasteiger partial charge in [0.1, 0.15) is 0 Å². The Kier molecular flexibility index (Phi) is 5.28. The summed E-state index contributed by atoms with van der Waals surface area (Å²) in [7, 11) is -3.39. The standard InChI is InChI=1S/C16H17ClN2O3S/c1-3-23(21,22)19-14-6-4-5-12(9-14)16(20)18-15-10-13(17)8-7-11(15)2/h4-10,19H,3H2,1-2H3,(H,18,20). The van der Waals surface area contributed by atoms with Crippen molar-refractivity contribution in [3.63, 3.8) is 0 Å². The minimum absolute atomic E-state index is 0.0366. The number of sulfonamides is 1. The molecule has 2 N–H and O–H groups in total. The van der Waals surface area contributed by atoms with Crippen molar-refractivity contribution in [1.82, 2.24) is 0 Å². The fourth-order valence-electron chi connectivity index (χ4n) is 1.90. The molecule has 0 spiro atoms. The second kappa shape index (κ2) is 7.02. The van der Waals surface area contributed by atoms with Crippen LogP contribution in [0.4, 0.5) is 11.4 Å². The summed E-state index contributed by atoms with van der Waals surface area (Å²) in [6.07, 6.45) is 0. The molecule has 2 aromatic carbocycles. The van der Waals surface area contributed by atoms with E-state index in [0.29, 0.717) is 22.0 Å². The maximum Gasteiger partial charge on any atom is 0.255 e. The second-order valence-electron chi connectivity index (χ2n) is 5.00. The molecule has 23 heavy (non-hydrogen) atoms. The quantitative estimate of drug-likeness (QED) is 0.862. The Morgan fingerprint density at radius 2 is 1.91 bits per heavy atom. The summed E-state index contributed by atoms with van der Waals surface area (Å²) < 4.78 is 25.6. The molecular formula is C16H17ClN2O3S. The number of benzene rings is 2. The maximum absolute atomic E-state index is 12.3. The van der Waals surface area contributed by atoms with Gasteiger partial charge in [-0.25, -0.2) is 8.42 Å². The van der Waals surface area contributed by atoms with Gasteiger partial charge in [-0.2, -0.15) is 0 Å². The molecule has 2 aromatic rings. The lowest BCUT2D eigenvalue weighted by Crippen LogP contribution is -2.16. The van der Waals surface area contributed by atoms with Gasteiger partial charge in [-0.1, -0.05) is 23.7 Å². The number of rotatable bonds is 5. The number of halogens is 1. The summed E-state index contributed by atoms with van der Waals surface area (Å²) in [6, 6.07) is 11.5. The van der Waals surface area contributed by atoms with E-state index >= 15 is 0 Å². The first kappa shape index (κ1) is 17.3. The molecule has 122 valence electrons. The largest absolute Gasteiger partial charge is 0.322 e. The molecule has 0 aliphatic heterocycles. The Bertz CT molecular complexity index is 835. The molecule has 0 aliphatic rings. The van der Waals surface area contributed by atoms with Crippen molar-refractivity contribution in [1.29, 1.82) is 0 Å². The smallest absolute Gasteiger partial charge is 0.255 e. The number of carbonyl (C=O) groups is 1. The van der Waals surface area contributed by atoms with Crippen LogP contribution in [-0.4, -0.2) is 20.1 Å². The molecule has 0 heterocycles. The number of amides is 1. The zero-order valence-electron chi connectivity index (χ0n) is 12.8. The van der Waals surface area contributed by atoms with Gasteiger partial charge in [-0.05, 0) is 49.7 Å². The van der Waals surface area contributed by atoms with Gasteiger partial charge >= 0.3 is 0 Å². The lowest BCUT2D eigenvalue weighted by Gasteiger charge is -2.10. The zero-order valence-corrected chi connectivity index (χ0v) is 14.3. The topological polar surface area (TPSA) is 75.3 Å². The molecule has 1 amide bonds. The second-order valence-corrected chi connectivity index (χ2v) is 7.45. The van der Waals surface area contributed by atoms with E-state index in [2.05, 4.69) is 10.0 Å². The van der Waals surface area contributed by atoms with Gasteiger partial charge in [-0.15, -0.1) is 0 Å². The minimum Gasteiger partial charge on any atom is -0.322 e. The van der Waals surface area contributed by atoms with Gasteiger partial charge < -0.3 is 5.32 Å². The monoisotopic (exact) mass is 352 g/mol. The molecule has 0 saturated heterocycles. The van der Waals surface area contributed by atoms with Crippen LogP contribution in [-0.2, 0) is 10.0 Å². The average Bonchev–Trinajstić information content (AvgIpc) is 2.51. The van der Waals surface area contributed by atoms with Gasteiger partial charge in [0.05, 0.1) is 5.75 Å². The van der Waals surface area contributed by atoms with Crippen LogP contribution in [0, 0.1) is 6.92 Å². The predicted octanol–water partition coefficient (Wildman–Crippen LogP) is 3.66. The highest BCUT2D eigenvalue weighted by Crippen LogP contribution is 2.21. The molecule has 0 aliphatic carbocycles. The van der Waals surface area contributed by atoms with Gasteiger partial charge in [0, 0.05) is 22.0 Å². The van der Waals surface area contributed by atoms with E-state index in [1.54, 1.807) is 37.3 Å². The summed E-state index contributed by atoms with van der Waals surface area (Å²) in [5.41, 5.74) is 2.19. The number of hydrogen-bond acceptors (Lipinski definition) is 3. The van der Waals surface area contributed by atoms with Crippen molar-refractivity contribution in [2.24, 2.45) is 0 Å². The zero-order chi connectivity index (χ0) is 17.0. The molecule has 0 fully saturated rings. The first-order valence-corrected chi connectivity index (χ1v) is 9.02. The summed E-state index contributed by atoms with van der Waals surface area (Å²) >= 11 is 5.93. The summed E-state index contributed by atoms with van der Waals surface area (Å²) in [6.45, 7) is 3.40. The van der Waals surface area contributed by atoms with Gasteiger partial charge in [0.2, 0.25) is 10.0 Å². The number of carbonyl (C=O) groups excluding carboxylic acids is 1. The van der Waals surface area contributed by atoms with Crippen molar-refractivity contribution < 1.29 is 13.2 Å². The minimum atomic E-state index is -3.39. The van der Waals surface area contributed by atoms with E-state index in [1.807, 2.05) is 13.0 Å². The molecule has 0 atom stereocenters. The van der Waals surface area contributed by atoms with E-state index in [0.717, 1.165) is 5.56 Å². The highest BCUT2D eigenvalue weighted by molar-refractivity contribution is 7.92. The molecule has 7 heteroatoms. The van der Waals surface area contributed by atoms with Crippen LogP contribution in [0.3, 0.4) is 0 Å². The lowest BCUT2D eigenvalue weighted by atomic mass is 10.1. The Morgan fingerprint density at radius 3 is 2.61 bits per heavy atom. The van der Waals surface area contributed by atoms with E-state index in [-0.39, 0.29) is 11.7 Å². The van der Waals surface area contributed by atoms with Gasteiger partial charge in [-0.3, -0.25) is 9.52 Å². The normalized spacial score (nSPS) is 11.1. The van der Waals surface area contributed by atoms with Crippen LogP contribution in [0.15, 0.2) is 42.5 Å². The van der Waals surface area contributed by atoms with Crippen LogP contribution in [0.2, 0.25) is 5.02 Å². The van der Waals surface area contributed by atoms with Crippen LogP contribution >= 0.6 is 11.6 Å². The van der Waals surface area contributed by atoms with Gasteiger partial charge in [0.15, 0.2) is 0 Å². The van der Waals surface area contributed by atoms with Gasteiger partial charge in [0.25, 0.3) is 5.91 Å². The van der Waals surface area contributed by atoms with Crippen molar-refractivity contribution >= 4 is 38.9 Å². The SMILES string of the molecule is CCS(=O)(=O)Nc1cccc(C(=O)Nc2cc(Cl)ccc2C)c1. The van der Waals surface area contributed by atoms with Crippen LogP contribution in [0.1, 0.15) is 22.8 Å². The number of anilines is 2. The van der Waals surface area contributed by atoms with Crippen LogP contribution in [0.5, 0.6) is 0 Å². The van der Waals surface area contributed by atoms with Crippen molar-refractivity contribution in [3.05, 3.63) is 58.6 Å². The maximum atomic E-state index is 12.3. The first-order chi connectivity index (χ1) is 10.8. The fraction of sp³-hybridized carbons (Fsp3) is 0.188. The number of hydrogen-bond donors (Lipinski definition) is 2. The first-order valence-electron chi connectivity index (χ1n) is 6.99. The number of nitrogens with one attached hydrogen (secondary N) is 2. The molecule has 2 rings (SSSR count). The van der Waals surface area contributed by atoms with E-state index in [1.165, 1.54) is 6.07 Å². The Morgan fingerprint density at radius 1 is 1.17 bits per heavy atom. The van der Waals surface area contributed by atoms with Crippen molar-refractivity contribution in [3.8, 4) is 0 Å². The van der Waals surface area contributed by atoms with E-state index in [4.69, 9.17) is 11.6 Å². The molecular weight excluding hydrogens is 336 g/mol. The third-order valence-corrected chi connectivity index (χ3v) is 4.77. The molecule has 0 saturated carbocycles. The highest BCUT2D eigenvalue weighted by atomic mass is 35.5. The van der Waals surface area contributed by atoms with Crippen molar-refractivity contribution in [2.45, 2.75) is 13.8 Å². The average molecular weight is 353 g/mol. The lowest BCUT2D eigenvalue weighted by molar-refractivity contribution is 0.102. The molecule has 0 bridgehead atoms. The number of aryl methyl sites for hydroxylation is 1. The Labute approximate surface area is 140 Å². The summed E-state index contributed by atoms with van der Waals surface area (Å²) in [5.74, 6) is -0.376. The third-order valence-electron chi connectivity index (χ3n) is 3.23. The Balaban J connectivity index is 2.21. The Hall–Kier alpha value is -2.05. The van der Waals surface area contributed by atoms with Crippen LogP contribution < -0.4 is 10.0 Å². The molecule has 0 radical (unpaired) electrons. The molecule has 0 aromatic heterocycles. The van der Waals surface area contributed by atoms with E-state index < -0.39 is 10.0 Å². The van der Waals surface area contributed by atoms with Crippen molar-refractivity contribution in [2.75, 3.05) is 15.8 Å². The molecule has 5 nitrogen and oxygen atoms in total. The third kappa shape index (κ3) is 4.71. The highest BCUT2D eigenvalue weighted by Gasteiger charge is 2.11. The summed E-state index contributed by atoms with van der Waals surface area (Å²) in [4.78, 5) is 12.3. The summed E-state index contributed by atoms with van der Waals surface area (Å²) in [5, 5.41) is 3.29. The fourth-order valence-corrected chi connectivity index (χ4v) is 2.70. The van der Waals surface area contributed by atoms with E-state index in [9.17, 15) is 13.2 Å². The molecule has 0 unspecified atom stereocenters.